The molecular weight excluding hydrogens is 472 g/mol. The molecule has 0 unspecified atom stereocenters. The lowest BCUT2D eigenvalue weighted by atomic mass is 9.89. The van der Waals surface area contributed by atoms with Crippen molar-refractivity contribution >= 4 is 11.7 Å². The van der Waals surface area contributed by atoms with E-state index in [0.29, 0.717) is 36.1 Å². The van der Waals surface area contributed by atoms with E-state index in [1.165, 1.54) is 5.56 Å². The van der Waals surface area contributed by atoms with Gasteiger partial charge in [-0.1, -0.05) is 44.2 Å². The molecule has 5 rings (SSSR count). The molecule has 1 aliphatic heterocycles. The molecule has 6 heteroatoms. The third-order valence-electron chi connectivity index (χ3n) is 7.38. The average Bonchev–Trinajstić information content (AvgIpc) is 3.30. The number of nitrogens with zero attached hydrogens (tertiary/aromatic N) is 4. The van der Waals surface area contributed by atoms with E-state index in [0.717, 1.165) is 34.5 Å². The molecule has 2 aromatic heterocycles. The summed E-state index contributed by atoms with van der Waals surface area (Å²) in [5, 5.41) is 4.24. The van der Waals surface area contributed by atoms with Crippen LogP contribution in [-0.4, -0.2) is 44.4 Å². The van der Waals surface area contributed by atoms with Gasteiger partial charge in [0.15, 0.2) is 5.78 Å². The van der Waals surface area contributed by atoms with Crippen LogP contribution in [0.4, 0.5) is 0 Å². The minimum atomic E-state index is 0.0138. The van der Waals surface area contributed by atoms with E-state index in [1.54, 1.807) is 12.4 Å². The topological polar surface area (TPSA) is 68.1 Å². The molecule has 0 N–H and O–H groups in total. The number of carbonyl (C=O) groups is 2. The van der Waals surface area contributed by atoms with Crippen LogP contribution in [0.1, 0.15) is 62.9 Å². The van der Waals surface area contributed by atoms with Crippen LogP contribution in [-0.2, 0) is 19.9 Å². The van der Waals surface area contributed by atoms with E-state index in [-0.39, 0.29) is 18.1 Å². The molecular formula is C32H34N4O2. The smallest absolute Gasteiger partial charge is 0.253 e. The number of amides is 1. The van der Waals surface area contributed by atoms with Crippen LogP contribution in [0.5, 0.6) is 0 Å². The van der Waals surface area contributed by atoms with Crippen molar-refractivity contribution in [3.05, 3.63) is 107 Å². The fraction of sp³-hybridized carbons (Fsp3) is 0.312. The number of carbonyl (C=O) groups excluding carboxylic acids is 2. The van der Waals surface area contributed by atoms with Gasteiger partial charge in [0.2, 0.25) is 0 Å². The third kappa shape index (κ3) is 5.44. The van der Waals surface area contributed by atoms with Gasteiger partial charge in [-0.3, -0.25) is 19.3 Å². The minimum Gasteiger partial charge on any atom is -0.337 e. The van der Waals surface area contributed by atoms with Gasteiger partial charge in [-0.2, -0.15) is 5.10 Å². The van der Waals surface area contributed by atoms with Crippen LogP contribution in [0.25, 0.3) is 11.3 Å². The number of hydrogen-bond acceptors (Lipinski definition) is 4. The number of pyridine rings is 1. The normalized spacial score (nSPS) is 13.6. The summed E-state index contributed by atoms with van der Waals surface area (Å²) in [6.45, 7) is 7.68. The summed E-state index contributed by atoms with van der Waals surface area (Å²) in [7, 11) is 1.94. The quantitative estimate of drug-likeness (QED) is 0.290. The number of likely N-dealkylation sites (tertiary alicyclic amines) is 1. The van der Waals surface area contributed by atoms with Crippen LogP contribution in [0.2, 0.25) is 0 Å². The molecule has 0 saturated carbocycles. The summed E-state index contributed by atoms with van der Waals surface area (Å²) in [6.07, 6.45) is 4.62. The Hall–Kier alpha value is -4.06. The summed E-state index contributed by atoms with van der Waals surface area (Å²) < 4.78 is 1.86. The lowest BCUT2D eigenvalue weighted by molar-refractivity contribution is 0.0602. The highest BCUT2D eigenvalue weighted by atomic mass is 16.2. The number of rotatable bonds is 8. The van der Waals surface area contributed by atoms with Crippen LogP contribution in [0.15, 0.2) is 73.1 Å². The van der Waals surface area contributed by atoms with Crippen molar-refractivity contribution in [2.75, 3.05) is 13.1 Å². The van der Waals surface area contributed by atoms with Crippen molar-refractivity contribution in [3.63, 3.8) is 0 Å². The number of hydrogen-bond donors (Lipinski definition) is 0. The van der Waals surface area contributed by atoms with Crippen LogP contribution >= 0.6 is 0 Å². The highest BCUT2D eigenvalue weighted by Crippen LogP contribution is 2.30. The highest BCUT2D eigenvalue weighted by Gasteiger charge is 2.32. The number of ketones is 1. The first-order valence-electron chi connectivity index (χ1n) is 13.2. The van der Waals surface area contributed by atoms with Gasteiger partial charge in [0.1, 0.15) is 0 Å². The zero-order valence-corrected chi connectivity index (χ0v) is 22.5. The molecule has 0 radical (unpaired) electrons. The lowest BCUT2D eigenvalue weighted by Gasteiger charge is -2.39. The fourth-order valence-electron chi connectivity index (χ4n) is 5.02. The van der Waals surface area contributed by atoms with E-state index in [1.807, 2.05) is 60.0 Å². The minimum absolute atomic E-state index is 0.0138. The molecule has 4 aromatic rings. The van der Waals surface area contributed by atoms with E-state index < -0.39 is 0 Å². The molecule has 2 aromatic carbocycles. The Bertz CT molecular complexity index is 1450. The Morgan fingerprint density at radius 2 is 1.71 bits per heavy atom. The Balaban J connectivity index is 1.21. The van der Waals surface area contributed by atoms with Gasteiger partial charge in [-0.05, 0) is 71.8 Å². The molecule has 1 fully saturated rings. The molecule has 3 heterocycles. The van der Waals surface area contributed by atoms with Crippen LogP contribution in [0, 0.1) is 12.8 Å². The van der Waals surface area contributed by atoms with E-state index in [2.05, 4.69) is 48.2 Å². The van der Waals surface area contributed by atoms with Gasteiger partial charge < -0.3 is 4.90 Å². The third-order valence-corrected chi connectivity index (χ3v) is 7.38. The number of benzene rings is 2. The first-order valence-corrected chi connectivity index (χ1v) is 13.2. The zero-order chi connectivity index (χ0) is 26.8. The van der Waals surface area contributed by atoms with Gasteiger partial charge in [-0.25, -0.2) is 0 Å². The molecule has 0 aliphatic carbocycles. The summed E-state index contributed by atoms with van der Waals surface area (Å²) in [6, 6.07) is 20.0. The predicted molar refractivity (Wildman–Crippen MR) is 149 cm³/mol. The molecule has 6 nitrogen and oxygen atoms in total. The lowest BCUT2D eigenvalue weighted by Crippen LogP contribution is -2.48. The molecule has 1 amide bonds. The second-order valence-electron chi connectivity index (χ2n) is 10.7. The standard InChI is InChI=1S/C32H34N4O2/c1-21(2)15-29-12-11-26(18-33-29)31(37)17-27-16-25(6-5-22(27)3)32(38)36-19-28(20-36)23-7-9-24(10-8-23)30-13-14-34-35(30)4/h5-14,16,18,21,28H,15,17,19-20H2,1-4H3. The van der Waals surface area contributed by atoms with Crippen LogP contribution in [0.3, 0.4) is 0 Å². The van der Waals surface area contributed by atoms with Crippen molar-refractivity contribution in [1.29, 1.82) is 0 Å². The van der Waals surface area contributed by atoms with Crippen molar-refractivity contribution in [1.82, 2.24) is 19.7 Å². The maximum absolute atomic E-state index is 13.2. The van der Waals surface area contributed by atoms with Gasteiger partial charge in [-0.15, -0.1) is 0 Å². The second-order valence-corrected chi connectivity index (χ2v) is 10.7. The molecule has 38 heavy (non-hydrogen) atoms. The average molecular weight is 507 g/mol. The number of aromatic nitrogens is 3. The van der Waals surface area contributed by atoms with Crippen molar-refractivity contribution in [2.24, 2.45) is 13.0 Å². The maximum Gasteiger partial charge on any atom is 0.253 e. The first kappa shape index (κ1) is 25.6. The monoisotopic (exact) mass is 506 g/mol. The van der Waals surface area contributed by atoms with E-state index in [9.17, 15) is 9.59 Å². The van der Waals surface area contributed by atoms with Gasteiger partial charge in [0.25, 0.3) is 5.91 Å². The Kier molecular flexibility index (Phi) is 7.23. The maximum atomic E-state index is 13.2. The summed E-state index contributed by atoms with van der Waals surface area (Å²) >= 11 is 0. The van der Waals surface area contributed by atoms with E-state index >= 15 is 0 Å². The number of aryl methyl sites for hydroxylation is 2. The van der Waals surface area contributed by atoms with Crippen molar-refractivity contribution in [2.45, 2.75) is 39.5 Å². The molecule has 0 atom stereocenters. The summed E-state index contributed by atoms with van der Waals surface area (Å²) in [5.41, 5.74) is 7.58. The molecule has 0 bridgehead atoms. The SMILES string of the molecule is Cc1ccc(C(=O)N2CC(c3ccc(-c4ccnn4C)cc3)C2)cc1CC(=O)c1ccc(CC(C)C)nc1. The molecule has 1 aliphatic rings. The molecule has 0 spiro atoms. The second kappa shape index (κ2) is 10.7. The van der Waals surface area contributed by atoms with E-state index in [4.69, 9.17) is 0 Å². The number of Topliss-reactive ketones (excluding diaryl/α,β-unsaturated/α-hetero) is 1. The molecule has 1 saturated heterocycles. The van der Waals surface area contributed by atoms with Gasteiger partial charge >= 0.3 is 0 Å². The van der Waals surface area contributed by atoms with Crippen molar-refractivity contribution < 1.29 is 9.59 Å². The zero-order valence-electron chi connectivity index (χ0n) is 22.5. The Labute approximate surface area is 224 Å². The first-order chi connectivity index (χ1) is 18.3. The van der Waals surface area contributed by atoms with Gasteiger partial charge in [0, 0.05) is 61.7 Å². The van der Waals surface area contributed by atoms with Crippen molar-refractivity contribution in [3.8, 4) is 11.3 Å². The van der Waals surface area contributed by atoms with Crippen LogP contribution < -0.4 is 0 Å². The summed E-state index contributed by atoms with van der Waals surface area (Å²) in [5.74, 6) is 0.879. The van der Waals surface area contributed by atoms with Gasteiger partial charge in [0.05, 0.1) is 5.69 Å². The Morgan fingerprint density at radius 3 is 2.34 bits per heavy atom. The fourth-order valence-corrected chi connectivity index (χ4v) is 5.02. The molecule has 194 valence electrons. The summed E-state index contributed by atoms with van der Waals surface area (Å²) in [4.78, 5) is 32.5. The predicted octanol–water partition coefficient (Wildman–Crippen LogP) is 5.65. The Morgan fingerprint density at radius 1 is 0.974 bits per heavy atom. The largest absolute Gasteiger partial charge is 0.337 e. The highest BCUT2D eigenvalue weighted by molar-refractivity contribution is 5.98.